The molecule has 1 aromatic rings. The number of anilines is 1. The molecule has 6 heteroatoms. The fourth-order valence-corrected chi connectivity index (χ4v) is 2.15. The Kier molecular flexibility index (Phi) is 5.32. The maximum atomic E-state index is 14.2. The summed E-state index contributed by atoms with van der Waals surface area (Å²) in [4.78, 5) is 1.42. The molecule has 1 aromatic carbocycles. The number of halogens is 4. The van der Waals surface area contributed by atoms with E-state index >= 15 is 0 Å². The van der Waals surface area contributed by atoms with Gasteiger partial charge in [0.2, 0.25) is 0 Å². The first-order valence-corrected chi connectivity index (χ1v) is 6.40. The van der Waals surface area contributed by atoms with Crippen LogP contribution >= 0.6 is 34.8 Å². The van der Waals surface area contributed by atoms with E-state index in [-0.39, 0.29) is 5.02 Å². The van der Waals surface area contributed by atoms with Crippen LogP contribution in [0.4, 0.5) is 10.1 Å². The Labute approximate surface area is 116 Å². The Morgan fingerprint density at radius 2 is 1.88 bits per heavy atom. The molecule has 0 aliphatic rings. The largest absolute Gasteiger partial charge is 0.326 e. The number of hydrogen-bond donors (Lipinski definition) is 1. The van der Waals surface area contributed by atoms with Crippen molar-refractivity contribution in [3.63, 3.8) is 0 Å². The molecule has 0 saturated carbocycles. The highest BCUT2D eigenvalue weighted by molar-refractivity contribution is 6.43. The summed E-state index contributed by atoms with van der Waals surface area (Å²) in [5, 5.41) is 0.959. The number of nitrogens with one attached hydrogen (secondary N) is 1. The van der Waals surface area contributed by atoms with Gasteiger partial charge >= 0.3 is 5.38 Å². The molecule has 0 radical (unpaired) electrons. The summed E-state index contributed by atoms with van der Waals surface area (Å²) in [6.45, 7) is 4.59. The maximum absolute atomic E-state index is 14.2. The summed E-state index contributed by atoms with van der Waals surface area (Å²) in [5.41, 5.74) is 0.364. The second-order valence-electron chi connectivity index (χ2n) is 3.44. The van der Waals surface area contributed by atoms with Crippen LogP contribution in [0.3, 0.4) is 0 Å². The Morgan fingerprint density at radius 3 is 2.41 bits per heavy atom. The third-order valence-electron chi connectivity index (χ3n) is 2.40. The molecule has 0 bridgehead atoms. The third kappa shape index (κ3) is 3.62. The van der Waals surface area contributed by atoms with E-state index in [1.807, 2.05) is 13.8 Å². The van der Waals surface area contributed by atoms with Gasteiger partial charge in [0.15, 0.2) is 0 Å². The molecule has 0 aliphatic heterocycles. The predicted molar refractivity (Wildman–Crippen MR) is 72.7 cm³/mol. The molecular weight excluding hydrogens is 285 g/mol. The molecule has 0 heterocycles. The molecule has 0 aromatic heterocycles. The Bertz CT molecular complexity index is 381. The minimum absolute atomic E-state index is 0.254. The van der Waals surface area contributed by atoms with E-state index in [0.717, 1.165) is 0 Å². The van der Waals surface area contributed by atoms with Gasteiger partial charge in [-0.25, -0.2) is 4.90 Å². The third-order valence-corrected chi connectivity index (χ3v) is 3.55. The topological polar surface area (TPSA) is 15.3 Å². The summed E-state index contributed by atoms with van der Waals surface area (Å²) in [6, 6.07) is 4.92. The molecule has 1 unspecified atom stereocenters. The highest BCUT2D eigenvalue weighted by Gasteiger charge is 2.33. The van der Waals surface area contributed by atoms with Gasteiger partial charge in [-0.05, 0) is 23.7 Å². The van der Waals surface area contributed by atoms with E-state index in [0.29, 0.717) is 23.8 Å². The molecule has 17 heavy (non-hydrogen) atoms. The average Bonchev–Trinajstić information content (AvgIpc) is 2.26. The van der Waals surface area contributed by atoms with Crippen molar-refractivity contribution in [3.8, 4) is 0 Å². The van der Waals surface area contributed by atoms with Crippen molar-refractivity contribution in [2.75, 3.05) is 18.4 Å². The second-order valence-corrected chi connectivity index (χ2v) is 4.73. The van der Waals surface area contributed by atoms with Gasteiger partial charge in [-0.3, -0.25) is 0 Å². The number of alkyl halides is 2. The molecule has 0 saturated heterocycles. The van der Waals surface area contributed by atoms with E-state index in [1.165, 1.54) is 4.90 Å². The van der Waals surface area contributed by atoms with E-state index < -0.39 is 5.38 Å². The van der Waals surface area contributed by atoms with Gasteiger partial charge < -0.3 is 5.32 Å². The fraction of sp³-hybridized carbons (Fsp3) is 0.455. The van der Waals surface area contributed by atoms with Crippen LogP contribution in [-0.4, -0.2) is 23.4 Å². The molecule has 1 atom stereocenters. The first-order chi connectivity index (χ1) is 7.92. The lowest BCUT2D eigenvalue weighted by Gasteiger charge is -2.32. The molecular formula is C11H14Cl3FN2. The molecule has 0 fully saturated rings. The molecule has 0 spiro atoms. The summed E-state index contributed by atoms with van der Waals surface area (Å²) in [6.07, 6.45) is 0. The van der Waals surface area contributed by atoms with Crippen LogP contribution in [0.1, 0.15) is 13.8 Å². The normalized spacial score (nSPS) is 14.8. The van der Waals surface area contributed by atoms with E-state index in [4.69, 9.17) is 34.8 Å². The van der Waals surface area contributed by atoms with Crippen molar-refractivity contribution in [3.05, 3.63) is 28.2 Å². The first kappa shape index (κ1) is 14.8. The van der Waals surface area contributed by atoms with Crippen LogP contribution in [0.5, 0.6) is 0 Å². The Morgan fingerprint density at radius 1 is 1.29 bits per heavy atom. The molecule has 0 amide bonds. The average molecular weight is 300 g/mol. The highest BCUT2D eigenvalue weighted by Crippen LogP contribution is 2.33. The number of nitrogens with zero attached hydrogens (tertiary/aromatic N) is 1. The summed E-state index contributed by atoms with van der Waals surface area (Å²) < 4.78 is 14.2. The Balaban J connectivity index is 2.93. The predicted octanol–water partition coefficient (Wildman–Crippen LogP) is 4.57. The highest BCUT2D eigenvalue weighted by atomic mass is 35.5. The lowest BCUT2D eigenvalue weighted by Crippen LogP contribution is -2.46. The smallest absolute Gasteiger partial charge is 0.317 e. The summed E-state index contributed by atoms with van der Waals surface area (Å²) in [7, 11) is 0. The van der Waals surface area contributed by atoms with Crippen molar-refractivity contribution >= 4 is 40.5 Å². The van der Waals surface area contributed by atoms with E-state index in [2.05, 4.69) is 5.32 Å². The van der Waals surface area contributed by atoms with Crippen molar-refractivity contribution in [2.24, 2.45) is 0 Å². The van der Waals surface area contributed by atoms with Crippen molar-refractivity contribution in [1.82, 2.24) is 4.90 Å². The molecule has 2 nitrogen and oxygen atoms in total. The van der Waals surface area contributed by atoms with Crippen LogP contribution in [0.25, 0.3) is 0 Å². The van der Waals surface area contributed by atoms with Crippen LogP contribution in [0.2, 0.25) is 10.0 Å². The minimum Gasteiger partial charge on any atom is -0.326 e. The molecule has 96 valence electrons. The zero-order valence-electron chi connectivity index (χ0n) is 9.61. The monoisotopic (exact) mass is 298 g/mol. The van der Waals surface area contributed by atoms with Gasteiger partial charge in [0.05, 0.1) is 15.7 Å². The minimum atomic E-state index is -2.18. The van der Waals surface area contributed by atoms with Gasteiger partial charge in [0.1, 0.15) is 0 Å². The van der Waals surface area contributed by atoms with E-state index in [9.17, 15) is 4.39 Å². The van der Waals surface area contributed by atoms with Gasteiger partial charge in [-0.2, -0.15) is 4.39 Å². The number of benzene rings is 1. The van der Waals surface area contributed by atoms with Gasteiger partial charge in [-0.1, -0.05) is 43.1 Å². The zero-order chi connectivity index (χ0) is 13.1. The number of rotatable bonds is 5. The van der Waals surface area contributed by atoms with Gasteiger partial charge in [-0.15, -0.1) is 0 Å². The quantitative estimate of drug-likeness (QED) is 0.487. The van der Waals surface area contributed by atoms with Crippen molar-refractivity contribution in [1.29, 1.82) is 0 Å². The zero-order valence-corrected chi connectivity index (χ0v) is 11.9. The summed E-state index contributed by atoms with van der Waals surface area (Å²) in [5.74, 6) is 0. The van der Waals surface area contributed by atoms with Gasteiger partial charge in [0.25, 0.3) is 0 Å². The lowest BCUT2D eigenvalue weighted by atomic mass is 10.3. The van der Waals surface area contributed by atoms with Gasteiger partial charge in [0, 0.05) is 13.1 Å². The molecule has 1 N–H and O–H groups in total. The van der Waals surface area contributed by atoms with Crippen LogP contribution in [0.15, 0.2) is 18.2 Å². The van der Waals surface area contributed by atoms with Crippen LogP contribution < -0.4 is 5.32 Å². The second kappa shape index (κ2) is 6.10. The Hall–Kier alpha value is -0.220. The molecule has 0 aliphatic carbocycles. The summed E-state index contributed by atoms with van der Waals surface area (Å²) >= 11 is 17.6. The first-order valence-electron chi connectivity index (χ1n) is 5.27. The number of hydrogen-bond acceptors (Lipinski definition) is 2. The van der Waals surface area contributed by atoms with Crippen LogP contribution in [0, 0.1) is 0 Å². The van der Waals surface area contributed by atoms with Crippen molar-refractivity contribution in [2.45, 2.75) is 19.2 Å². The van der Waals surface area contributed by atoms with E-state index in [1.54, 1.807) is 18.2 Å². The fourth-order valence-electron chi connectivity index (χ4n) is 1.46. The standard InChI is InChI=1S/C11H14Cl3FN2/c1-3-17(4-2)11(14,15)16-9-7-5-6-8(12)10(9)13/h5-7,16H,3-4H2,1-2H3. The SMILES string of the molecule is CCN(CC)C(F)(Cl)Nc1cccc(Cl)c1Cl. The lowest BCUT2D eigenvalue weighted by molar-refractivity contribution is 0.0768. The molecule has 1 rings (SSSR count). The maximum Gasteiger partial charge on any atom is 0.317 e. The van der Waals surface area contributed by atoms with Crippen molar-refractivity contribution < 1.29 is 4.39 Å². The van der Waals surface area contributed by atoms with Crippen LogP contribution in [-0.2, 0) is 0 Å².